The normalized spacial score (nSPS) is 11.2. The standard InChI is InChI=1S/C14H9F3N2O2S2/c15-14(16,17)9-6-10(11-2-1-4-22-11)19-13(8(9)7-18)23-5-3-12(20)21/h1-2,4,6H,3,5H2,(H,20,21). The van der Waals surface area contributed by atoms with Crippen molar-refractivity contribution in [1.29, 1.82) is 5.26 Å². The Balaban J connectivity index is 2.51. The van der Waals surface area contributed by atoms with Crippen LogP contribution in [0.15, 0.2) is 28.6 Å². The molecule has 0 atom stereocenters. The summed E-state index contributed by atoms with van der Waals surface area (Å²) in [7, 11) is 0. The maximum absolute atomic E-state index is 13.2. The van der Waals surface area contributed by atoms with Gasteiger partial charge in [0.2, 0.25) is 0 Å². The highest BCUT2D eigenvalue weighted by Crippen LogP contribution is 2.38. The maximum atomic E-state index is 13.2. The Morgan fingerprint density at radius 3 is 2.74 bits per heavy atom. The van der Waals surface area contributed by atoms with Crippen LogP contribution in [0, 0.1) is 11.3 Å². The average molecular weight is 358 g/mol. The number of carboxylic acids is 1. The molecule has 0 aromatic carbocycles. The molecule has 2 aromatic heterocycles. The molecule has 0 aliphatic carbocycles. The van der Waals surface area contributed by atoms with Crippen LogP contribution in [0.2, 0.25) is 0 Å². The van der Waals surface area contributed by atoms with E-state index in [1.54, 1.807) is 17.5 Å². The summed E-state index contributed by atoms with van der Waals surface area (Å²) in [5.41, 5.74) is -1.52. The number of halogens is 3. The van der Waals surface area contributed by atoms with Gasteiger partial charge in [-0.1, -0.05) is 6.07 Å². The lowest BCUT2D eigenvalue weighted by Gasteiger charge is -2.13. The Morgan fingerprint density at radius 1 is 1.48 bits per heavy atom. The van der Waals surface area contributed by atoms with Crippen molar-refractivity contribution in [2.45, 2.75) is 17.6 Å². The zero-order chi connectivity index (χ0) is 17.0. The van der Waals surface area contributed by atoms with Gasteiger partial charge in [0.15, 0.2) is 0 Å². The van der Waals surface area contributed by atoms with E-state index in [9.17, 15) is 18.0 Å². The lowest BCUT2D eigenvalue weighted by Crippen LogP contribution is -2.10. The summed E-state index contributed by atoms with van der Waals surface area (Å²) >= 11 is 2.06. The van der Waals surface area contributed by atoms with Gasteiger partial charge in [-0.05, 0) is 17.5 Å². The topological polar surface area (TPSA) is 74.0 Å². The molecular weight excluding hydrogens is 349 g/mol. The molecule has 9 heteroatoms. The smallest absolute Gasteiger partial charge is 0.417 e. The molecule has 0 saturated heterocycles. The van der Waals surface area contributed by atoms with Crippen molar-refractivity contribution in [1.82, 2.24) is 4.98 Å². The summed E-state index contributed by atoms with van der Waals surface area (Å²) in [5, 5.41) is 19.3. The lowest BCUT2D eigenvalue weighted by molar-refractivity contribution is -0.138. The SMILES string of the molecule is N#Cc1c(C(F)(F)F)cc(-c2cccs2)nc1SCCC(=O)O. The van der Waals surface area contributed by atoms with Crippen LogP contribution in [-0.4, -0.2) is 21.8 Å². The van der Waals surface area contributed by atoms with E-state index in [4.69, 9.17) is 10.4 Å². The number of aromatic nitrogens is 1. The molecule has 2 rings (SSSR count). The number of alkyl halides is 3. The number of rotatable bonds is 5. The van der Waals surface area contributed by atoms with Crippen LogP contribution < -0.4 is 0 Å². The molecule has 0 saturated carbocycles. The maximum Gasteiger partial charge on any atom is 0.417 e. The fourth-order valence-corrected chi connectivity index (χ4v) is 3.36. The summed E-state index contributed by atoms with van der Waals surface area (Å²) < 4.78 is 39.6. The van der Waals surface area contributed by atoms with Crippen molar-refractivity contribution in [2.24, 2.45) is 0 Å². The van der Waals surface area contributed by atoms with Crippen LogP contribution >= 0.6 is 23.1 Å². The number of hydrogen-bond donors (Lipinski definition) is 1. The first-order valence-corrected chi connectivity index (χ1v) is 8.10. The highest BCUT2D eigenvalue weighted by Gasteiger charge is 2.36. The van der Waals surface area contributed by atoms with E-state index in [2.05, 4.69) is 4.98 Å². The molecule has 0 unspecified atom stereocenters. The van der Waals surface area contributed by atoms with E-state index in [0.717, 1.165) is 17.8 Å². The first-order valence-electron chi connectivity index (χ1n) is 6.23. The van der Waals surface area contributed by atoms with Crippen LogP contribution in [0.4, 0.5) is 13.2 Å². The first kappa shape index (κ1) is 17.3. The van der Waals surface area contributed by atoms with Gasteiger partial charge < -0.3 is 5.11 Å². The summed E-state index contributed by atoms with van der Waals surface area (Å²) in [6.45, 7) is 0. The molecule has 0 spiro atoms. The molecule has 0 aliphatic heterocycles. The van der Waals surface area contributed by atoms with Crippen molar-refractivity contribution >= 4 is 29.1 Å². The zero-order valence-corrected chi connectivity index (χ0v) is 13.1. The predicted octanol–water partition coefficient (Wildman–Crippen LogP) is 4.27. The minimum atomic E-state index is -4.69. The van der Waals surface area contributed by atoms with Gasteiger partial charge in [-0.15, -0.1) is 23.1 Å². The molecule has 4 nitrogen and oxygen atoms in total. The number of nitrogens with zero attached hydrogens (tertiary/aromatic N) is 2. The number of carbonyl (C=O) groups is 1. The summed E-state index contributed by atoms with van der Waals surface area (Å²) in [6.07, 6.45) is -4.93. The largest absolute Gasteiger partial charge is 0.481 e. The van der Waals surface area contributed by atoms with Crippen molar-refractivity contribution in [3.8, 4) is 16.6 Å². The Kier molecular flexibility index (Phi) is 5.28. The molecule has 23 heavy (non-hydrogen) atoms. The highest BCUT2D eigenvalue weighted by molar-refractivity contribution is 7.99. The number of pyridine rings is 1. The van der Waals surface area contributed by atoms with Gasteiger partial charge in [-0.2, -0.15) is 18.4 Å². The number of thioether (sulfide) groups is 1. The predicted molar refractivity (Wildman–Crippen MR) is 80.2 cm³/mol. The molecule has 0 aliphatic rings. The van der Waals surface area contributed by atoms with Crippen molar-refractivity contribution < 1.29 is 23.1 Å². The van der Waals surface area contributed by atoms with Crippen molar-refractivity contribution in [2.75, 3.05) is 5.75 Å². The monoisotopic (exact) mass is 358 g/mol. The molecule has 2 aromatic rings. The van der Waals surface area contributed by atoms with Gasteiger partial charge in [0.1, 0.15) is 11.1 Å². The van der Waals surface area contributed by atoms with Crippen LogP contribution in [0.1, 0.15) is 17.5 Å². The molecule has 0 radical (unpaired) electrons. The fourth-order valence-electron chi connectivity index (χ4n) is 1.74. The molecule has 0 fully saturated rings. The van der Waals surface area contributed by atoms with E-state index < -0.39 is 23.3 Å². The van der Waals surface area contributed by atoms with Crippen molar-refractivity contribution in [3.05, 3.63) is 34.7 Å². The Labute approximate surface area is 137 Å². The van der Waals surface area contributed by atoms with Crippen molar-refractivity contribution in [3.63, 3.8) is 0 Å². The Hall–Kier alpha value is -2.05. The lowest BCUT2D eigenvalue weighted by atomic mass is 10.1. The zero-order valence-electron chi connectivity index (χ0n) is 11.4. The number of aliphatic carboxylic acids is 1. The molecule has 1 N–H and O–H groups in total. The number of carboxylic acid groups (broad SMARTS) is 1. The molecule has 120 valence electrons. The summed E-state index contributed by atoms with van der Waals surface area (Å²) in [4.78, 5) is 15.2. The van der Waals surface area contributed by atoms with E-state index >= 15 is 0 Å². The van der Waals surface area contributed by atoms with E-state index in [1.165, 1.54) is 17.4 Å². The van der Waals surface area contributed by atoms with Gasteiger partial charge in [0, 0.05) is 5.75 Å². The molecule has 2 heterocycles. The van der Waals surface area contributed by atoms with Gasteiger partial charge in [0.25, 0.3) is 0 Å². The van der Waals surface area contributed by atoms with Crippen LogP contribution in [0.3, 0.4) is 0 Å². The number of thiophene rings is 1. The Bertz CT molecular complexity index is 753. The number of nitriles is 1. The molecule has 0 amide bonds. The average Bonchev–Trinajstić information content (AvgIpc) is 2.99. The van der Waals surface area contributed by atoms with Crippen LogP contribution in [0.5, 0.6) is 0 Å². The minimum Gasteiger partial charge on any atom is -0.481 e. The third-order valence-electron chi connectivity index (χ3n) is 2.73. The summed E-state index contributed by atoms with van der Waals surface area (Å²) in [6, 6.07) is 5.70. The molecular formula is C14H9F3N2O2S2. The quantitative estimate of drug-likeness (QED) is 0.808. The third kappa shape index (κ3) is 4.24. The van der Waals surface area contributed by atoms with Gasteiger partial charge in [-0.25, -0.2) is 4.98 Å². The second-order valence-electron chi connectivity index (χ2n) is 4.31. The van der Waals surface area contributed by atoms with Gasteiger partial charge in [0.05, 0.1) is 28.1 Å². The van der Waals surface area contributed by atoms with Gasteiger partial charge in [-0.3, -0.25) is 4.79 Å². The van der Waals surface area contributed by atoms with E-state index in [0.29, 0.717) is 4.88 Å². The van der Waals surface area contributed by atoms with Gasteiger partial charge >= 0.3 is 12.1 Å². The van der Waals surface area contributed by atoms with E-state index in [1.807, 2.05) is 0 Å². The fraction of sp³-hybridized carbons (Fsp3) is 0.214. The van der Waals surface area contributed by atoms with Crippen LogP contribution in [0.25, 0.3) is 10.6 Å². The summed E-state index contributed by atoms with van der Waals surface area (Å²) in [5.74, 6) is -1.04. The highest BCUT2D eigenvalue weighted by atomic mass is 32.2. The minimum absolute atomic E-state index is 0.0300. The first-order chi connectivity index (χ1) is 10.8. The second-order valence-corrected chi connectivity index (χ2v) is 6.35. The number of hydrogen-bond acceptors (Lipinski definition) is 5. The van der Waals surface area contributed by atoms with E-state index in [-0.39, 0.29) is 22.9 Å². The second kappa shape index (κ2) is 7.02. The molecule has 0 bridgehead atoms. The van der Waals surface area contributed by atoms with Crippen LogP contribution in [-0.2, 0) is 11.0 Å². The third-order valence-corrected chi connectivity index (χ3v) is 4.60. The Morgan fingerprint density at radius 2 is 2.22 bits per heavy atom.